The topological polar surface area (TPSA) is 96.7 Å². The van der Waals surface area contributed by atoms with Crippen molar-refractivity contribution in [2.45, 2.75) is 18.9 Å². The summed E-state index contributed by atoms with van der Waals surface area (Å²) in [4.78, 5) is 24.2. The van der Waals surface area contributed by atoms with Crippen LogP contribution in [0.3, 0.4) is 0 Å². The Labute approximate surface area is 133 Å². The third kappa shape index (κ3) is 2.52. The van der Waals surface area contributed by atoms with E-state index in [0.717, 1.165) is 23.9 Å². The number of hydrogen-bond donors (Lipinski definition) is 3. The van der Waals surface area contributed by atoms with Crippen LogP contribution in [-0.2, 0) is 0 Å². The molecule has 1 fully saturated rings. The zero-order valence-corrected chi connectivity index (χ0v) is 12.5. The molecule has 23 heavy (non-hydrogen) atoms. The number of Topliss-reactive ketones (excluding diaryl/α,β-unsaturated/α-hetero) is 1. The molecule has 0 bridgehead atoms. The van der Waals surface area contributed by atoms with Crippen LogP contribution in [0.2, 0.25) is 0 Å². The highest BCUT2D eigenvalue weighted by molar-refractivity contribution is 5.98. The van der Waals surface area contributed by atoms with Gasteiger partial charge in [-0.1, -0.05) is 12.1 Å². The maximum atomic E-state index is 12.5. The Hall–Kier alpha value is -2.89. The normalized spacial score (nSPS) is 20.2. The van der Waals surface area contributed by atoms with Crippen molar-refractivity contribution >= 4 is 28.3 Å². The molecular weight excluding hydrogens is 290 g/mol. The first-order valence-corrected chi connectivity index (χ1v) is 7.66. The molecule has 0 saturated heterocycles. The van der Waals surface area contributed by atoms with Gasteiger partial charge < -0.3 is 16.0 Å². The van der Waals surface area contributed by atoms with E-state index >= 15 is 0 Å². The van der Waals surface area contributed by atoms with Gasteiger partial charge in [-0.3, -0.25) is 4.79 Å². The Balaban J connectivity index is 1.41. The van der Waals surface area contributed by atoms with Crippen molar-refractivity contribution in [2.24, 2.45) is 5.92 Å². The molecule has 1 aliphatic rings. The van der Waals surface area contributed by atoms with Crippen molar-refractivity contribution in [2.75, 3.05) is 11.1 Å². The number of H-pyrrole nitrogens is 1. The second kappa shape index (κ2) is 5.39. The summed E-state index contributed by atoms with van der Waals surface area (Å²) in [5, 5.41) is 3.29. The number of aromatic nitrogens is 3. The van der Waals surface area contributed by atoms with Crippen molar-refractivity contribution in [3.8, 4) is 0 Å². The monoisotopic (exact) mass is 307 g/mol. The number of pyridine rings is 1. The summed E-state index contributed by atoms with van der Waals surface area (Å²) in [5.41, 5.74) is 8.21. The van der Waals surface area contributed by atoms with E-state index in [2.05, 4.69) is 20.3 Å². The van der Waals surface area contributed by atoms with Gasteiger partial charge in [-0.05, 0) is 37.1 Å². The van der Waals surface area contributed by atoms with Gasteiger partial charge in [0.25, 0.3) is 0 Å². The Kier molecular flexibility index (Phi) is 3.22. The van der Waals surface area contributed by atoms with Crippen molar-refractivity contribution < 1.29 is 4.79 Å². The Bertz CT molecular complexity index is 833. The summed E-state index contributed by atoms with van der Waals surface area (Å²) in [7, 11) is 0. The minimum absolute atomic E-state index is 0.00185. The second-order valence-electron chi connectivity index (χ2n) is 5.92. The highest BCUT2D eigenvalue weighted by Gasteiger charge is 2.36. The first-order valence-electron chi connectivity index (χ1n) is 7.66. The van der Waals surface area contributed by atoms with Gasteiger partial charge in [0, 0.05) is 18.2 Å². The molecule has 0 spiro atoms. The van der Waals surface area contributed by atoms with Crippen LogP contribution in [0.4, 0.5) is 11.5 Å². The van der Waals surface area contributed by atoms with Crippen LogP contribution < -0.4 is 11.1 Å². The van der Waals surface area contributed by atoms with Crippen molar-refractivity contribution in [3.05, 3.63) is 48.4 Å². The molecule has 0 atom stereocenters. The average molecular weight is 307 g/mol. The van der Waals surface area contributed by atoms with Crippen molar-refractivity contribution in [3.63, 3.8) is 0 Å². The fourth-order valence-corrected chi connectivity index (χ4v) is 2.94. The van der Waals surface area contributed by atoms with E-state index in [4.69, 9.17) is 5.73 Å². The predicted molar refractivity (Wildman–Crippen MR) is 89.2 cm³/mol. The Morgan fingerprint density at radius 2 is 2.04 bits per heavy atom. The van der Waals surface area contributed by atoms with Gasteiger partial charge in [-0.2, -0.15) is 0 Å². The molecule has 0 amide bonds. The minimum Gasteiger partial charge on any atom is -0.396 e. The van der Waals surface area contributed by atoms with Crippen molar-refractivity contribution in [1.82, 2.24) is 15.0 Å². The number of rotatable bonds is 4. The van der Waals surface area contributed by atoms with Crippen LogP contribution in [0.15, 0.2) is 42.6 Å². The molecule has 0 radical (unpaired) electrons. The lowest BCUT2D eigenvalue weighted by Gasteiger charge is -2.34. The lowest BCUT2D eigenvalue weighted by molar-refractivity contribution is 0.0831. The van der Waals surface area contributed by atoms with E-state index in [1.165, 1.54) is 0 Å². The predicted octanol–water partition coefficient (Wildman–Crippen LogP) is 2.61. The molecule has 1 aliphatic carbocycles. The lowest BCUT2D eigenvalue weighted by Crippen LogP contribution is -2.40. The van der Waals surface area contributed by atoms with E-state index in [-0.39, 0.29) is 17.7 Å². The van der Waals surface area contributed by atoms with Crippen LogP contribution in [0.1, 0.15) is 23.5 Å². The molecule has 0 aliphatic heterocycles. The molecule has 2 aromatic heterocycles. The number of para-hydroxylation sites is 2. The second-order valence-corrected chi connectivity index (χ2v) is 5.92. The average Bonchev–Trinajstić information content (AvgIpc) is 2.95. The largest absolute Gasteiger partial charge is 0.396 e. The molecular formula is C17H17N5O. The van der Waals surface area contributed by atoms with Gasteiger partial charge in [0.05, 0.1) is 16.7 Å². The molecule has 1 aromatic carbocycles. The third-order valence-corrected chi connectivity index (χ3v) is 4.31. The molecule has 6 heteroatoms. The molecule has 3 aromatic rings. The van der Waals surface area contributed by atoms with E-state index in [1.807, 2.05) is 30.3 Å². The van der Waals surface area contributed by atoms with Crippen LogP contribution in [0.25, 0.3) is 11.0 Å². The summed E-state index contributed by atoms with van der Waals surface area (Å²) < 4.78 is 0. The molecule has 0 unspecified atom stereocenters. The van der Waals surface area contributed by atoms with Gasteiger partial charge in [-0.15, -0.1) is 0 Å². The highest BCUT2D eigenvalue weighted by Crippen LogP contribution is 2.33. The summed E-state index contributed by atoms with van der Waals surface area (Å²) in [6.45, 7) is 0. The zero-order valence-electron chi connectivity index (χ0n) is 12.5. The number of imidazole rings is 1. The number of benzene rings is 1. The SMILES string of the molecule is Nc1cccnc1NC1CC(C(=O)c2nc3ccccc3[nH]2)C1. The molecule has 1 saturated carbocycles. The summed E-state index contributed by atoms with van der Waals surface area (Å²) in [6.07, 6.45) is 3.24. The molecule has 2 heterocycles. The maximum Gasteiger partial charge on any atom is 0.201 e. The highest BCUT2D eigenvalue weighted by atomic mass is 16.1. The number of fused-ring (bicyclic) bond motifs is 1. The number of carbonyl (C=O) groups excluding carboxylic acids is 1. The molecule has 6 nitrogen and oxygen atoms in total. The molecule has 4 rings (SSSR count). The fourth-order valence-electron chi connectivity index (χ4n) is 2.94. The van der Waals surface area contributed by atoms with E-state index < -0.39 is 0 Å². The smallest absolute Gasteiger partial charge is 0.201 e. The molecule has 116 valence electrons. The van der Waals surface area contributed by atoms with Gasteiger partial charge in [0.15, 0.2) is 5.82 Å². The van der Waals surface area contributed by atoms with Gasteiger partial charge in [-0.25, -0.2) is 9.97 Å². The number of anilines is 2. The quantitative estimate of drug-likeness (QED) is 0.644. The van der Waals surface area contributed by atoms with Crippen LogP contribution in [-0.4, -0.2) is 26.8 Å². The number of ketones is 1. The van der Waals surface area contributed by atoms with E-state index in [0.29, 0.717) is 17.3 Å². The standard InChI is InChI=1S/C17H17N5O/c18-12-4-3-7-19-16(12)20-11-8-10(9-11)15(23)17-21-13-5-1-2-6-14(13)22-17/h1-7,10-11H,8-9,18H2,(H,19,20)(H,21,22). The van der Waals surface area contributed by atoms with Crippen LogP contribution >= 0.6 is 0 Å². The van der Waals surface area contributed by atoms with E-state index in [9.17, 15) is 4.79 Å². The summed E-state index contributed by atoms with van der Waals surface area (Å²) in [6, 6.07) is 11.5. The minimum atomic E-state index is -0.00185. The third-order valence-electron chi connectivity index (χ3n) is 4.31. The first kappa shape index (κ1) is 13.8. The maximum absolute atomic E-state index is 12.5. The number of hydrogen-bond acceptors (Lipinski definition) is 5. The van der Waals surface area contributed by atoms with E-state index in [1.54, 1.807) is 12.3 Å². The van der Waals surface area contributed by atoms with Crippen LogP contribution in [0.5, 0.6) is 0 Å². The summed E-state index contributed by atoms with van der Waals surface area (Å²) >= 11 is 0. The van der Waals surface area contributed by atoms with Crippen molar-refractivity contribution in [1.29, 1.82) is 0 Å². The zero-order chi connectivity index (χ0) is 15.8. The van der Waals surface area contributed by atoms with Gasteiger partial charge in [0.2, 0.25) is 5.78 Å². The number of nitrogens with two attached hydrogens (primary N) is 1. The number of nitrogens with zero attached hydrogens (tertiary/aromatic N) is 2. The Morgan fingerprint density at radius 1 is 1.22 bits per heavy atom. The van der Waals surface area contributed by atoms with Gasteiger partial charge in [0.1, 0.15) is 5.82 Å². The van der Waals surface area contributed by atoms with Gasteiger partial charge >= 0.3 is 0 Å². The molecule has 4 N–H and O–H groups in total. The number of carbonyl (C=O) groups is 1. The lowest BCUT2D eigenvalue weighted by atomic mass is 9.77. The number of nitrogen functional groups attached to an aromatic ring is 1. The fraction of sp³-hybridized carbons (Fsp3) is 0.235. The number of nitrogens with one attached hydrogen (secondary N) is 2. The van der Waals surface area contributed by atoms with Crippen LogP contribution in [0, 0.1) is 5.92 Å². The number of aromatic amines is 1. The first-order chi connectivity index (χ1) is 11.2. The Morgan fingerprint density at radius 3 is 2.83 bits per heavy atom. The summed E-state index contributed by atoms with van der Waals surface area (Å²) in [5.74, 6) is 1.21.